The minimum atomic E-state index is -0.686. The fourth-order valence-electron chi connectivity index (χ4n) is 5.27. The van der Waals surface area contributed by atoms with E-state index in [4.69, 9.17) is 21.7 Å². The molecule has 9 heteroatoms. The molecule has 8 nitrogen and oxygen atoms in total. The van der Waals surface area contributed by atoms with Crippen LogP contribution in [-0.4, -0.2) is 28.5 Å². The van der Waals surface area contributed by atoms with E-state index >= 15 is 0 Å². The average molecular weight is 667 g/mol. The van der Waals surface area contributed by atoms with Gasteiger partial charge >= 0.3 is 12.2 Å². The molecule has 252 valence electrons. The summed E-state index contributed by atoms with van der Waals surface area (Å²) in [6.07, 6.45) is -1.10. The molecule has 4 N–H and O–H groups in total. The first-order valence-corrected chi connectivity index (χ1v) is 16.5. The molecule has 0 heterocycles. The molecule has 2 amide bonds. The van der Waals surface area contributed by atoms with Crippen molar-refractivity contribution >= 4 is 29.5 Å². The van der Waals surface area contributed by atoms with Gasteiger partial charge in [-0.1, -0.05) is 121 Å². The highest BCUT2D eigenvalue weighted by Gasteiger charge is 2.32. The van der Waals surface area contributed by atoms with Crippen LogP contribution in [0.15, 0.2) is 121 Å². The molecule has 0 saturated heterocycles. The van der Waals surface area contributed by atoms with Crippen LogP contribution in [0.4, 0.5) is 9.59 Å². The van der Waals surface area contributed by atoms with E-state index in [9.17, 15) is 9.59 Å². The predicted octanol–water partition coefficient (Wildman–Crippen LogP) is 8.47. The van der Waals surface area contributed by atoms with Gasteiger partial charge in [-0.2, -0.15) is 0 Å². The number of ether oxygens (including phenoxy) is 2. The normalized spacial score (nSPS) is 14.0. The smallest absolute Gasteiger partial charge is 0.408 e. The van der Waals surface area contributed by atoms with Crippen molar-refractivity contribution in [2.75, 3.05) is 0 Å². The van der Waals surface area contributed by atoms with Crippen LogP contribution in [-0.2, 0) is 9.47 Å². The second-order valence-electron chi connectivity index (χ2n) is 13.5. The topological polar surface area (TPSA) is 101 Å². The molecule has 0 unspecified atom stereocenters. The van der Waals surface area contributed by atoms with Gasteiger partial charge in [0.15, 0.2) is 5.11 Å². The molecule has 4 aromatic carbocycles. The van der Waals surface area contributed by atoms with Gasteiger partial charge in [-0.25, -0.2) is 9.59 Å². The highest BCUT2D eigenvalue weighted by atomic mass is 32.1. The van der Waals surface area contributed by atoms with Gasteiger partial charge in [0.25, 0.3) is 0 Å². The highest BCUT2D eigenvalue weighted by Crippen LogP contribution is 2.32. The zero-order valence-corrected chi connectivity index (χ0v) is 29.2. The lowest BCUT2D eigenvalue weighted by Crippen LogP contribution is -2.48. The fraction of sp³-hybridized carbons (Fsp3) is 0.308. The lowest BCUT2D eigenvalue weighted by Gasteiger charge is -2.34. The van der Waals surface area contributed by atoms with Gasteiger partial charge in [0.1, 0.15) is 11.2 Å². The van der Waals surface area contributed by atoms with Gasteiger partial charge in [0.2, 0.25) is 0 Å². The second-order valence-corrected chi connectivity index (χ2v) is 13.9. The Morgan fingerprint density at radius 1 is 0.458 bits per heavy atom. The van der Waals surface area contributed by atoms with Crippen molar-refractivity contribution in [2.45, 2.75) is 76.9 Å². The Hall–Kier alpha value is -4.89. The van der Waals surface area contributed by atoms with E-state index in [0.29, 0.717) is 5.11 Å². The van der Waals surface area contributed by atoms with Gasteiger partial charge in [0, 0.05) is 0 Å². The molecule has 0 aromatic heterocycles. The number of hydrogen-bond donors (Lipinski definition) is 4. The van der Waals surface area contributed by atoms with Crippen molar-refractivity contribution in [1.29, 1.82) is 0 Å². The minimum Gasteiger partial charge on any atom is -0.444 e. The summed E-state index contributed by atoms with van der Waals surface area (Å²) in [7, 11) is 0. The number of alkyl carbamates (subject to hydrolysis) is 2. The van der Waals surface area contributed by atoms with Crippen LogP contribution in [0.5, 0.6) is 0 Å². The molecular weight excluding hydrogens is 621 g/mol. The van der Waals surface area contributed by atoms with Gasteiger partial charge in [-0.05, 0) is 76.0 Å². The number of nitrogens with one attached hydrogen (secondary N) is 4. The average Bonchev–Trinajstić information content (AvgIpc) is 3.04. The molecule has 0 aliphatic heterocycles. The molecule has 0 fully saturated rings. The van der Waals surface area contributed by atoms with E-state index in [-0.39, 0.29) is 0 Å². The fourth-order valence-corrected chi connectivity index (χ4v) is 5.53. The Labute approximate surface area is 289 Å². The first kappa shape index (κ1) is 36.0. The molecule has 4 atom stereocenters. The van der Waals surface area contributed by atoms with Crippen LogP contribution >= 0.6 is 12.2 Å². The van der Waals surface area contributed by atoms with Crippen molar-refractivity contribution in [3.8, 4) is 0 Å². The molecule has 0 aliphatic carbocycles. The summed E-state index contributed by atoms with van der Waals surface area (Å²) in [5.74, 6) is 0. The summed E-state index contributed by atoms with van der Waals surface area (Å²) in [4.78, 5) is 26.4. The molecule has 0 bridgehead atoms. The van der Waals surface area contributed by atoms with Crippen LogP contribution in [0, 0.1) is 0 Å². The number of carbonyl (C=O) groups is 2. The van der Waals surface area contributed by atoms with Crippen molar-refractivity contribution in [3.63, 3.8) is 0 Å². The van der Waals surface area contributed by atoms with E-state index in [1.165, 1.54) is 0 Å². The van der Waals surface area contributed by atoms with Crippen LogP contribution in [0.25, 0.3) is 0 Å². The van der Waals surface area contributed by atoms with Crippen molar-refractivity contribution < 1.29 is 19.1 Å². The van der Waals surface area contributed by atoms with Crippen molar-refractivity contribution in [3.05, 3.63) is 144 Å². The van der Waals surface area contributed by atoms with Crippen LogP contribution < -0.4 is 21.3 Å². The first-order chi connectivity index (χ1) is 22.8. The van der Waals surface area contributed by atoms with Gasteiger partial charge in [0.05, 0.1) is 24.2 Å². The maximum Gasteiger partial charge on any atom is 0.408 e. The van der Waals surface area contributed by atoms with Gasteiger partial charge < -0.3 is 30.7 Å². The molecule has 0 aliphatic rings. The number of thiocarbonyl (C=S) groups is 1. The van der Waals surface area contributed by atoms with Crippen LogP contribution in [0.1, 0.15) is 88.0 Å². The zero-order chi connectivity index (χ0) is 34.7. The molecule has 0 radical (unpaired) electrons. The summed E-state index contributed by atoms with van der Waals surface area (Å²) in [5, 5.41) is 13.5. The first-order valence-electron chi connectivity index (χ1n) is 16.0. The largest absolute Gasteiger partial charge is 0.444 e. The quantitative estimate of drug-likeness (QED) is 0.126. The minimum absolute atomic E-state index is 0.316. The van der Waals surface area contributed by atoms with Gasteiger partial charge in [-0.15, -0.1) is 0 Å². The maximum absolute atomic E-state index is 13.2. The van der Waals surface area contributed by atoms with Crippen LogP contribution in [0.3, 0.4) is 0 Å². The SMILES string of the molecule is CC(C)(C)OC(=O)N[C@H](c1ccccc1)[C@H](NC(=S)N[C@H](c1ccccc1)[C@H](NC(=O)OC(C)(C)C)c1ccccc1)c1ccccc1. The lowest BCUT2D eigenvalue weighted by atomic mass is 9.92. The zero-order valence-electron chi connectivity index (χ0n) is 28.4. The van der Waals surface area contributed by atoms with E-state index in [0.717, 1.165) is 22.3 Å². The number of amides is 2. The molecule has 4 rings (SSSR count). The Morgan fingerprint density at radius 2 is 0.688 bits per heavy atom. The van der Waals surface area contributed by atoms with Gasteiger partial charge in [-0.3, -0.25) is 0 Å². The Kier molecular flexibility index (Phi) is 12.2. The molecule has 0 spiro atoms. The molecule has 4 aromatic rings. The van der Waals surface area contributed by atoms with Crippen LogP contribution in [0.2, 0.25) is 0 Å². The van der Waals surface area contributed by atoms with E-state index in [1.807, 2.05) is 163 Å². The lowest BCUT2D eigenvalue weighted by molar-refractivity contribution is 0.0483. The number of hydrogen-bond acceptors (Lipinski definition) is 5. The summed E-state index contributed by atoms with van der Waals surface area (Å²) in [6, 6.07) is 36.8. The Bertz CT molecular complexity index is 1490. The number of rotatable bonds is 10. The van der Waals surface area contributed by atoms with E-state index in [2.05, 4.69) is 21.3 Å². The highest BCUT2D eigenvalue weighted by molar-refractivity contribution is 7.80. The third-order valence-corrected chi connectivity index (χ3v) is 7.45. The summed E-state index contributed by atoms with van der Waals surface area (Å²) in [5.41, 5.74) is 2.15. The second kappa shape index (κ2) is 16.3. The Morgan fingerprint density at radius 3 is 0.917 bits per heavy atom. The molecule has 0 saturated carbocycles. The van der Waals surface area contributed by atoms with Crippen molar-refractivity contribution in [1.82, 2.24) is 21.3 Å². The third kappa shape index (κ3) is 11.1. The number of carbonyl (C=O) groups excluding carboxylic acids is 2. The molecular formula is C39H46N4O4S. The predicted molar refractivity (Wildman–Crippen MR) is 194 cm³/mol. The van der Waals surface area contributed by atoms with Crippen molar-refractivity contribution in [2.24, 2.45) is 0 Å². The summed E-state index contributed by atoms with van der Waals surface area (Å²) < 4.78 is 11.4. The summed E-state index contributed by atoms with van der Waals surface area (Å²) >= 11 is 6.04. The Balaban J connectivity index is 1.72. The monoisotopic (exact) mass is 666 g/mol. The maximum atomic E-state index is 13.2. The standard InChI is InChI=1S/C39H46N4O4S/c1-38(2,3)46-36(44)42-33(29-23-15-9-16-24-29)31(27-19-11-7-12-20-27)40-35(48)41-32(28-21-13-8-14-22-28)34(30-25-17-10-18-26-30)43-37(45)47-39(4,5)6/h7-26,31-34H,1-6H3,(H,42,44)(H,43,45)(H2,40,41,48)/t31-,32-,33-,34-/m1/s1. The number of benzene rings is 4. The molecule has 48 heavy (non-hydrogen) atoms. The van der Waals surface area contributed by atoms with E-state index in [1.54, 1.807) is 0 Å². The van der Waals surface area contributed by atoms with E-state index < -0.39 is 47.6 Å². The third-order valence-electron chi connectivity index (χ3n) is 7.22. The summed E-state index contributed by atoms with van der Waals surface area (Å²) in [6.45, 7) is 11.0.